The minimum atomic E-state index is 0.288. The number of hydrogen-bond acceptors (Lipinski definition) is 5. The molecule has 0 N–H and O–H groups in total. The highest BCUT2D eigenvalue weighted by molar-refractivity contribution is 5.72. The summed E-state index contributed by atoms with van der Waals surface area (Å²) in [5.41, 5.74) is 4.70. The van der Waals surface area contributed by atoms with Crippen LogP contribution in [-0.2, 0) is 0 Å². The largest absolute Gasteiger partial charge is 0.440 e. The van der Waals surface area contributed by atoms with Crippen LogP contribution in [0.5, 0.6) is 0 Å². The zero-order valence-electron chi connectivity index (χ0n) is 15.0. The van der Waals surface area contributed by atoms with Crippen molar-refractivity contribution in [3.63, 3.8) is 0 Å². The number of benzene rings is 1. The third kappa shape index (κ3) is 2.53. The van der Waals surface area contributed by atoms with E-state index in [4.69, 9.17) is 9.40 Å². The predicted molar refractivity (Wildman–Crippen MR) is 101 cm³/mol. The first-order valence-corrected chi connectivity index (χ1v) is 9.12. The fourth-order valence-electron chi connectivity index (χ4n) is 3.87. The molecule has 1 saturated heterocycles. The highest BCUT2D eigenvalue weighted by Crippen LogP contribution is 2.31. The summed E-state index contributed by atoms with van der Waals surface area (Å²) in [5, 5.41) is 4.64. The van der Waals surface area contributed by atoms with Crippen molar-refractivity contribution >= 4 is 22.6 Å². The molecule has 1 aliphatic rings. The first-order chi connectivity index (χ1) is 12.7. The van der Waals surface area contributed by atoms with E-state index in [0.29, 0.717) is 0 Å². The molecule has 0 unspecified atom stereocenters. The molecule has 0 amide bonds. The SMILES string of the molecule is Cc1cc(N2CCC[C@@H](c3nc4ccccc4o3)C2)n2nc(C)cc2n1. The average Bonchev–Trinajstić information content (AvgIpc) is 3.23. The van der Waals surface area contributed by atoms with Crippen molar-refractivity contribution in [2.24, 2.45) is 0 Å². The number of para-hydroxylation sites is 2. The zero-order chi connectivity index (χ0) is 17.7. The molecule has 1 aromatic carbocycles. The van der Waals surface area contributed by atoms with Crippen LogP contribution in [0, 0.1) is 13.8 Å². The fourth-order valence-corrected chi connectivity index (χ4v) is 3.87. The average molecular weight is 347 g/mol. The number of hydrogen-bond donors (Lipinski definition) is 0. The second-order valence-electron chi connectivity index (χ2n) is 7.12. The van der Waals surface area contributed by atoms with Gasteiger partial charge >= 0.3 is 0 Å². The van der Waals surface area contributed by atoms with E-state index < -0.39 is 0 Å². The van der Waals surface area contributed by atoms with Crippen LogP contribution in [-0.4, -0.2) is 32.7 Å². The Bertz CT molecular complexity index is 1060. The Morgan fingerprint density at radius 2 is 1.96 bits per heavy atom. The number of rotatable bonds is 2. The van der Waals surface area contributed by atoms with Gasteiger partial charge in [-0.2, -0.15) is 9.61 Å². The van der Waals surface area contributed by atoms with Gasteiger partial charge in [-0.25, -0.2) is 9.97 Å². The molecule has 0 saturated carbocycles. The van der Waals surface area contributed by atoms with E-state index >= 15 is 0 Å². The summed E-state index contributed by atoms with van der Waals surface area (Å²) in [4.78, 5) is 11.7. The number of oxazole rings is 1. The van der Waals surface area contributed by atoms with E-state index in [1.54, 1.807) is 0 Å². The van der Waals surface area contributed by atoms with Crippen molar-refractivity contribution < 1.29 is 4.42 Å². The minimum absolute atomic E-state index is 0.288. The van der Waals surface area contributed by atoms with Gasteiger partial charge in [0.1, 0.15) is 11.3 Å². The molecule has 6 heteroatoms. The number of nitrogens with zero attached hydrogens (tertiary/aromatic N) is 5. The van der Waals surface area contributed by atoms with Gasteiger partial charge in [0.15, 0.2) is 17.1 Å². The molecule has 0 bridgehead atoms. The molecule has 4 aromatic rings. The first kappa shape index (κ1) is 15.4. The molecular weight excluding hydrogens is 326 g/mol. The summed E-state index contributed by atoms with van der Waals surface area (Å²) in [6, 6.07) is 12.1. The lowest BCUT2D eigenvalue weighted by atomic mass is 9.98. The fraction of sp³-hybridized carbons (Fsp3) is 0.350. The molecule has 1 atom stereocenters. The second-order valence-corrected chi connectivity index (χ2v) is 7.12. The van der Waals surface area contributed by atoms with Crippen LogP contribution in [0.25, 0.3) is 16.7 Å². The molecule has 0 aliphatic carbocycles. The van der Waals surface area contributed by atoms with Crippen molar-refractivity contribution in [1.29, 1.82) is 0 Å². The summed E-state index contributed by atoms with van der Waals surface area (Å²) in [6.45, 7) is 5.93. The number of aryl methyl sites for hydroxylation is 2. The normalized spacial score (nSPS) is 18.1. The van der Waals surface area contributed by atoms with E-state index in [1.165, 1.54) is 0 Å². The van der Waals surface area contributed by atoms with Crippen LogP contribution < -0.4 is 4.90 Å². The standard InChI is InChI=1S/C20H21N5O/c1-13-11-19(25-18(21-13)10-14(2)23-25)24-9-5-6-15(12-24)20-22-16-7-3-4-8-17(16)26-20/h3-4,7-8,10-11,15H,5-6,9,12H2,1-2H3/t15-/m1/s1. The van der Waals surface area contributed by atoms with Crippen LogP contribution in [0.4, 0.5) is 5.82 Å². The molecule has 3 aromatic heterocycles. The van der Waals surface area contributed by atoms with Crippen molar-refractivity contribution in [3.8, 4) is 0 Å². The highest BCUT2D eigenvalue weighted by Gasteiger charge is 2.27. The Kier molecular flexibility index (Phi) is 3.45. The summed E-state index contributed by atoms with van der Waals surface area (Å²) in [6.07, 6.45) is 2.20. The smallest absolute Gasteiger partial charge is 0.200 e. The van der Waals surface area contributed by atoms with Crippen LogP contribution in [0.2, 0.25) is 0 Å². The Morgan fingerprint density at radius 3 is 2.85 bits per heavy atom. The molecule has 1 aliphatic heterocycles. The zero-order valence-corrected chi connectivity index (χ0v) is 15.0. The summed E-state index contributed by atoms with van der Waals surface area (Å²) in [7, 11) is 0. The van der Waals surface area contributed by atoms with E-state index in [9.17, 15) is 0 Å². The molecule has 132 valence electrons. The van der Waals surface area contributed by atoms with Gasteiger partial charge in [0.25, 0.3) is 0 Å². The quantitative estimate of drug-likeness (QED) is 0.551. The maximum absolute atomic E-state index is 6.03. The number of aromatic nitrogens is 4. The van der Waals surface area contributed by atoms with Crippen LogP contribution in [0.3, 0.4) is 0 Å². The maximum atomic E-state index is 6.03. The van der Waals surface area contributed by atoms with Gasteiger partial charge in [-0.1, -0.05) is 12.1 Å². The van der Waals surface area contributed by atoms with Gasteiger partial charge in [0.2, 0.25) is 0 Å². The van der Waals surface area contributed by atoms with E-state index in [1.807, 2.05) is 48.7 Å². The molecule has 4 heterocycles. The van der Waals surface area contributed by atoms with Gasteiger partial charge in [-0.05, 0) is 38.8 Å². The Morgan fingerprint density at radius 1 is 1.08 bits per heavy atom. The van der Waals surface area contributed by atoms with Crippen molar-refractivity contribution in [2.75, 3.05) is 18.0 Å². The van der Waals surface area contributed by atoms with Gasteiger partial charge in [-0.3, -0.25) is 0 Å². The summed E-state index contributed by atoms with van der Waals surface area (Å²) in [5.74, 6) is 2.23. The van der Waals surface area contributed by atoms with Crippen LogP contribution >= 0.6 is 0 Å². The van der Waals surface area contributed by atoms with Crippen LogP contribution in [0.15, 0.2) is 40.8 Å². The predicted octanol–water partition coefficient (Wildman–Crippen LogP) is 3.87. The van der Waals surface area contributed by atoms with E-state index in [2.05, 4.69) is 21.0 Å². The van der Waals surface area contributed by atoms with Crippen LogP contribution in [0.1, 0.15) is 36.0 Å². The molecule has 0 radical (unpaired) electrons. The molecular formula is C20H21N5O. The number of fused-ring (bicyclic) bond motifs is 2. The van der Waals surface area contributed by atoms with E-state index in [-0.39, 0.29) is 5.92 Å². The highest BCUT2D eigenvalue weighted by atomic mass is 16.3. The van der Waals surface area contributed by atoms with Gasteiger partial charge < -0.3 is 9.32 Å². The Labute approximate surface area is 151 Å². The third-order valence-corrected chi connectivity index (χ3v) is 5.06. The van der Waals surface area contributed by atoms with Gasteiger partial charge in [0, 0.05) is 30.9 Å². The van der Waals surface area contributed by atoms with Gasteiger partial charge in [-0.15, -0.1) is 0 Å². The lowest BCUT2D eigenvalue weighted by Gasteiger charge is -2.33. The monoisotopic (exact) mass is 347 g/mol. The molecule has 0 spiro atoms. The molecule has 26 heavy (non-hydrogen) atoms. The lowest BCUT2D eigenvalue weighted by molar-refractivity contribution is 0.411. The second kappa shape index (κ2) is 5.83. The third-order valence-electron chi connectivity index (χ3n) is 5.06. The summed E-state index contributed by atoms with van der Waals surface area (Å²) >= 11 is 0. The number of anilines is 1. The molecule has 1 fully saturated rings. The number of piperidine rings is 1. The maximum Gasteiger partial charge on any atom is 0.200 e. The lowest BCUT2D eigenvalue weighted by Crippen LogP contribution is -2.36. The van der Waals surface area contributed by atoms with Gasteiger partial charge in [0.05, 0.1) is 11.6 Å². The molecule has 6 nitrogen and oxygen atoms in total. The first-order valence-electron chi connectivity index (χ1n) is 9.12. The molecule has 5 rings (SSSR count). The van der Waals surface area contributed by atoms with E-state index in [0.717, 1.165) is 65.8 Å². The Balaban J connectivity index is 1.51. The minimum Gasteiger partial charge on any atom is -0.440 e. The topological polar surface area (TPSA) is 59.5 Å². The van der Waals surface area contributed by atoms with Crippen molar-refractivity contribution in [1.82, 2.24) is 19.6 Å². The van der Waals surface area contributed by atoms with Crippen molar-refractivity contribution in [3.05, 3.63) is 53.7 Å². The summed E-state index contributed by atoms with van der Waals surface area (Å²) < 4.78 is 7.99. The van der Waals surface area contributed by atoms with Crippen molar-refractivity contribution in [2.45, 2.75) is 32.6 Å². The Hall–Kier alpha value is -2.89.